The van der Waals surface area contributed by atoms with E-state index in [1.165, 1.54) is 6.20 Å². The number of H-pyrrole nitrogens is 1. The molecule has 3 atom stereocenters. The molecule has 20 heavy (non-hydrogen) atoms. The number of hydrogen-bond donors (Lipinski definition) is 2. The van der Waals surface area contributed by atoms with Crippen LogP contribution in [0.15, 0.2) is 15.8 Å². The summed E-state index contributed by atoms with van der Waals surface area (Å²) >= 11 is 1.74. The topological polar surface area (TPSA) is 137 Å². The van der Waals surface area contributed by atoms with Crippen LogP contribution in [0.2, 0.25) is 0 Å². The largest absolute Gasteiger partial charge is 0.394 e. The monoisotopic (exact) mass is 399 g/mol. The van der Waals surface area contributed by atoms with Crippen LogP contribution in [0, 0.1) is 13.7 Å². The van der Waals surface area contributed by atoms with Crippen LogP contribution in [0.5, 0.6) is 0 Å². The number of halogens is 1. The van der Waals surface area contributed by atoms with Crippen molar-refractivity contribution in [1.29, 1.82) is 0 Å². The average Bonchev–Trinajstić information content (AvgIpc) is 2.75. The maximum Gasteiger partial charge on any atom is 0.330 e. The summed E-state index contributed by atoms with van der Waals surface area (Å²) in [5.41, 5.74) is -1.22. The number of nitrogens with one attached hydrogen (secondary N) is 1. The fourth-order valence-corrected chi connectivity index (χ4v) is 2.37. The zero-order chi connectivity index (χ0) is 14.9. The highest BCUT2D eigenvalue weighted by molar-refractivity contribution is 14.1. The van der Waals surface area contributed by atoms with E-state index in [1.54, 1.807) is 22.6 Å². The van der Waals surface area contributed by atoms with E-state index < -0.39 is 41.4 Å². The summed E-state index contributed by atoms with van der Waals surface area (Å²) in [6.07, 6.45) is -1.45. The van der Waals surface area contributed by atoms with Crippen LogP contribution >= 0.6 is 22.6 Å². The first-order chi connectivity index (χ1) is 9.42. The number of aliphatic hydroxyl groups is 1. The van der Waals surface area contributed by atoms with Gasteiger partial charge in [0, 0.05) is 12.6 Å². The quantitative estimate of drug-likeness (QED) is 0.376. The zero-order valence-corrected chi connectivity index (χ0v) is 12.1. The lowest BCUT2D eigenvalue weighted by Gasteiger charge is -2.14. The fraction of sp³-hybridized carbons (Fsp3) is 0.556. The van der Waals surface area contributed by atoms with E-state index in [0.29, 0.717) is 0 Å². The van der Waals surface area contributed by atoms with E-state index in [-0.39, 0.29) is 9.99 Å². The molecule has 0 bridgehead atoms. The van der Waals surface area contributed by atoms with E-state index in [9.17, 15) is 19.7 Å². The standard InChI is InChI=1S/C9H10IN3O7/c10-4-2-12(9(16)11-8(4)15)7-1-5(20-13(17)18)6(3-14)19-7/h2,5-7,14H,1,3H2,(H,11,15,16)/t5-,6+,7+/m0/s1. The third kappa shape index (κ3) is 2.99. The zero-order valence-electron chi connectivity index (χ0n) is 9.89. The van der Waals surface area contributed by atoms with Crippen molar-refractivity contribution >= 4 is 22.6 Å². The van der Waals surface area contributed by atoms with Crippen LogP contribution in [-0.2, 0) is 9.57 Å². The molecule has 110 valence electrons. The number of ether oxygens (including phenoxy) is 1. The van der Waals surface area contributed by atoms with Gasteiger partial charge in [-0.25, -0.2) is 4.79 Å². The van der Waals surface area contributed by atoms with Gasteiger partial charge >= 0.3 is 5.69 Å². The number of rotatable bonds is 4. The molecule has 1 aliphatic heterocycles. The first-order valence-electron chi connectivity index (χ1n) is 5.51. The Kier molecular flexibility index (Phi) is 4.39. The van der Waals surface area contributed by atoms with Crippen molar-refractivity contribution in [2.75, 3.05) is 6.61 Å². The molecule has 11 heteroatoms. The van der Waals surface area contributed by atoms with Gasteiger partial charge in [-0.2, -0.15) is 0 Å². The van der Waals surface area contributed by atoms with E-state index in [0.717, 1.165) is 4.57 Å². The summed E-state index contributed by atoms with van der Waals surface area (Å²) in [7, 11) is 0. The van der Waals surface area contributed by atoms with Crippen molar-refractivity contribution in [3.63, 3.8) is 0 Å². The molecule has 1 saturated heterocycles. The molecule has 0 amide bonds. The second-order valence-corrected chi connectivity index (χ2v) is 5.22. The number of nitrogens with zero attached hydrogens (tertiary/aromatic N) is 2. The Hall–Kier alpha value is -1.47. The van der Waals surface area contributed by atoms with E-state index in [2.05, 4.69) is 9.82 Å². The summed E-state index contributed by atoms with van der Waals surface area (Å²) in [5, 5.41) is 18.5. The molecule has 1 aromatic heterocycles. The van der Waals surface area contributed by atoms with Gasteiger partial charge in [0.25, 0.3) is 10.6 Å². The maximum absolute atomic E-state index is 11.7. The molecule has 0 aliphatic carbocycles. The molecule has 1 aromatic rings. The Labute approximate surface area is 124 Å². The predicted molar refractivity (Wildman–Crippen MR) is 71.5 cm³/mol. The SMILES string of the molecule is O=c1[nH]c(=O)n([C@H]2C[C@H](O[N+](=O)[O-])[C@@H](CO)O2)cc1I. The molecule has 0 aromatic carbocycles. The lowest BCUT2D eigenvalue weighted by molar-refractivity contribution is -0.769. The van der Waals surface area contributed by atoms with Gasteiger partial charge in [0.05, 0.1) is 10.2 Å². The Balaban J connectivity index is 2.27. The van der Waals surface area contributed by atoms with Crippen molar-refractivity contribution in [2.24, 2.45) is 0 Å². The van der Waals surface area contributed by atoms with Gasteiger partial charge < -0.3 is 14.7 Å². The number of aromatic amines is 1. The van der Waals surface area contributed by atoms with Gasteiger partial charge in [0.1, 0.15) is 18.4 Å². The Bertz CT molecular complexity index is 627. The molecule has 2 heterocycles. The van der Waals surface area contributed by atoms with Gasteiger partial charge in [0.2, 0.25) is 0 Å². The Morgan fingerprint density at radius 3 is 2.95 bits per heavy atom. The van der Waals surface area contributed by atoms with Crippen molar-refractivity contribution in [2.45, 2.75) is 24.9 Å². The summed E-state index contributed by atoms with van der Waals surface area (Å²) in [5.74, 6) is 0. The number of aromatic nitrogens is 2. The molecule has 0 saturated carbocycles. The van der Waals surface area contributed by atoms with Crippen LogP contribution in [0.1, 0.15) is 12.6 Å². The van der Waals surface area contributed by atoms with E-state index >= 15 is 0 Å². The molecule has 2 rings (SSSR count). The van der Waals surface area contributed by atoms with Gasteiger partial charge in [-0.05, 0) is 22.6 Å². The molecule has 1 aliphatic rings. The van der Waals surface area contributed by atoms with Crippen LogP contribution in [0.25, 0.3) is 0 Å². The van der Waals surface area contributed by atoms with Crippen LogP contribution in [0.3, 0.4) is 0 Å². The number of aliphatic hydroxyl groups excluding tert-OH is 1. The lowest BCUT2D eigenvalue weighted by Crippen LogP contribution is -2.33. The second kappa shape index (κ2) is 5.88. The molecule has 2 N–H and O–H groups in total. The molecule has 10 nitrogen and oxygen atoms in total. The van der Waals surface area contributed by atoms with Crippen molar-refractivity contribution in [1.82, 2.24) is 9.55 Å². The lowest BCUT2D eigenvalue weighted by atomic mass is 10.2. The van der Waals surface area contributed by atoms with E-state index in [4.69, 9.17) is 9.84 Å². The maximum atomic E-state index is 11.7. The van der Waals surface area contributed by atoms with Gasteiger partial charge in [-0.3, -0.25) is 14.3 Å². The van der Waals surface area contributed by atoms with Gasteiger partial charge in [0.15, 0.2) is 0 Å². The minimum atomic E-state index is -0.975. The third-order valence-corrected chi connectivity index (χ3v) is 3.58. The highest BCUT2D eigenvalue weighted by atomic mass is 127. The second-order valence-electron chi connectivity index (χ2n) is 4.06. The van der Waals surface area contributed by atoms with Crippen molar-refractivity contribution in [3.05, 3.63) is 40.7 Å². The smallest absolute Gasteiger partial charge is 0.330 e. The predicted octanol–water partition coefficient (Wildman–Crippen LogP) is -1.00. The van der Waals surface area contributed by atoms with Crippen LogP contribution in [0.4, 0.5) is 0 Å². The molecule has 1 fully saturated rings. The van der Waals surface area contributed by atoms with Gasteiger partial charge in [-0.1, -0.05) is 0 Å². The molecular formula is C9H10IN3O7. The highest BCUT2D eigenvalue weighted by Crippen LogP contribution is 2.29. The van der Waals surface area contributed by atoms with Crippen molar-refractivity contribution < 1.29 is 19.8 Å². The normalized spacial score (nSPS) is 25.6. The summed E-state index contributed by atoms with van der Waals surface area (Å²) in [4.78, 5) is 39.8. The molecule has 0 unspecified atom stereocenters. The molecular weight excluding hydrogens is 389 g/mol. The summed E-state index contributed by atoms with van der Waals surface area (Å²) in [6, 6.07) is 0. The fourth-order valence-electron chi connectivity index (χ4n) is 1.93. The highest BCUT2D eigenvalue weighted by Gasteiger charge is 2.39. The first kappa shape index (κ1) is 14.9. The minimum Gasteiger partial charge on any atom is -0.394 e. The Morgan fingerprint density at radius 2 is 2.35 bits per heavy atom. The molecule has 0 spiro atoms. The summed E-state index contributed by atoms with van der Waals surface area (Å²) in [6.45, 7) is -0.482. The number of hydrogen-bond acceptors (Lipinski definition) is 7. The van der Waals surface area contributed by atoms with Crippen molar-refractivity contribution in [3.8, 4) is 0 Å². The van der Waals surface area contributed by atoms with Gasteiger partial charge in [-0.15, -0.1) is 10.1 Å². The first-order valence-corrected chi connectivity index (χ1v) is 6.58. The van der Waals surface area contributed by atoms with E-state index in [1.807, 2.05) is 0 Å². The molecule has 0 radical (unpaired) electrons. The average molecular weight is 399 g/mol. The summed E-state index contributed by atoms with van der Waals surface area (Å²) < 4.78 is 6.72. The Morgan fingerprint density at radius 1 is 1.65 bits per heavy atom. The minimum absolute atomic E-state index is 0.00817. The van der Waals surface area contributed by atoms with Crippen LogP contribution < -0.4 is 11.2 Å². The third-order valence-electron chi connectivity index (χ3n) is 2.82. The van der Waals surface area contributed by atoms with Crippen LogP contribution in [-0.4, -0.2) is 38.6 Å².